The van der Waals surface area contributed by atoms with E-state index in [1.165, 1.54) is 16.7 Å². The van der Waals surface area contributed by atoms with E-state index in [2.05, 4.69) is 59.7 Å². The third-order valence-electron chi connectivity index (χ3n) is 3.55. The van der Waals surface area contributed by atoms with E-state index in [9.17, 15) is 0 Å². The smallest absolute Gasteiger partial charge is 0.0651 e. The molecule has 1 aromatic heterocycles. The molecule has 20 heavy (non-hydrogen) atoms. The number of nitrogens with one attached hydrogen (secondary N) is 1. The van der Waals surface area contributed by atoms with Crippen molar-refractivity contribution < 1.29 is 0 Å². The second-order valence-corrected chi connectivity index (χ2v) is 5.27. The van der Waals surface area contributed by atoms with E-state index in [1.54, 1.807) is 0 Å². The monoisotopic (exact) mass is 269 g/mol. The van der Waals surface area contributed by atoms with E-state index in [0.29, 0.717) is 0 Å². The van der Waals surface area contributed by atoms with Gasteiger partial charge in [0.2, 0.25) is 0 Å². The number of hydrogen-bond acceptors (Lipinski definition) is 3. The Bertz CT molecular complexity index is 578. The molecule has 0 aliphatic carbocycles. The lowest BCUT2D eigenvalue weighted by Crippen LogP contribution is -2.25. The van der Waals surface area contributed by atoms with Gasteiger partial charge in [0.1, 0.15) is 0 Å². The van der Waals surface area contributed by atoms with Gasteiger partial charge in [-0.25, -0.2) is 0 Å². The van der Waals surface area contributed by atoms with Crippen molar-refractivity contribution >= 4 is 0 Å². The van der Waals surface area contributed by atoms with E-state index in [4.69, 9.17) is 0 Å². The highest BCUT2D eigenvalue weighted by molar-refractivity contribution is 5.38. The Labute approximate surface area is 121 Å². The summed E-state index contributed by atoms with van der Waals surface area (Å²) in [7, 11) is 0. The van der Waals surface area contributed by atoms with Crippen molar-refractivity contribution in [2.75, 3.05) is 6.54 Å². The van der Waals surface area contributed by atoms with Crippen LogP contribution in [-0.2, 0) is 0 Å². The van der Waals surface area contributed by atoms with Gasteiger partial charge in [-0.15, -0.1) is 0 Å². The van der Waals surface area contributed by atoms with Crippen molar-refractivity contribution in [2.24, 2.45) is 0 Å². The van der Waals surface area contributed by atoms with Crippen LogP contribution in [0.2, 0.25) is 0 Å². The van der Waals surface area contributed by atoms with Crippen LogP contribution in [0.15, 0.2) is 30.3 Å². The summed E-state index contributed by atoms with van der Waals surface area (Å²) in [6, 6.07) is 10.9. The molecule has 1 aromatic carbocycles. The molecule has 106 valence electrons. The summed E-state index contributed by atoms with van der Waals surface area (Å²) in [5, 5.41) is 12.1. The van der Waals surface area contributed by atoms with E-state index >= 15 is 0 Å². The molecule has 2 rings (SSSR count). The van der Waals surface area contributed by atoms with Crippen LogP contribution in [0.25, 0.3) is 0 Å². The molecule has 0 bridgehead atoms. The molecule has 0 spiro atoms. The molecule has 0 aliphatic heterocycles. The van der Waals surface area contributed by atoms with Crippen LogP contribution >= 0.6 is 0 Å². The Balaban J connectivity index is 2.47. The first-order chi connectivity index (χ1) is 9.63. The van der Waals surface area contributed by atoms with Gasteiger partial charge in [-0.2, -0.15) is 10.2 Å². The largest absolute Gasteiger partial charge is 0.306 e. The zero-order valence-corrected chi connectivity index (χ0v) is 12.8. The van der Waals surface area contributed by atoms with Crippen molar-refractivity contribution in [2.45, 2.75) is 40.2 Å². The van der Waals surface area contributed by atoms with E-state index in [0.717, 1.165) is 24.4 Å². The molecule has 1 atom stereocenters. The molecule has 2 aromatic rings. The quantitative estimate of drug-likeness (QED) is 0.903. The summed E-state index contributed by atoms with van der Waals surface area (Å²) in [5.41, 5.74) is 5.79. The minimum Gasteiger partial charge on any atom is -0.306 e. The van der Waals surface area contributed by atoms with Gasteiger partial charge in [0.25, 0.3) is 0 Å². The fraction of sp³-hybridized carbons (Fsp3) is 0.412. The van der Waals surface area contributed by atoms with Crippen LogP contribution in [-0.4, -0.2) is 16.7 Å². The molecule has 0 amide bonds. The van der Waals surface area contributed by atoms with Gasteiger partial charge in [0.05, 0.1) is 17.4 Å². The fourth-order valence-corrected chi connectivity index (χ4v) is 2.45. The van der Waals surface area contributed by atoms with Crippen molar-refractivity contribution in [1.29, 1.82) is 0 Å². The van der Waals surface area contributed by atoms with Gasteiger partial charge in [-0.05, 0) is 56.5 Å². The lowest BCUT2D eigenvalue weighted by Gasteiger charge is -2.22. The summed E-state index contributed by atoms with van der Waals surface area (Å²) in [6.07, 6.45) is 1.11. The van der Waals surface area contributed by atoms with Crippen LogP contribution in [0.3, 0.4) is 0 Å². The maximum absolute atomic E-state index is 4.27. The summed E-state index contributed by atoms with van der Waals surface area (Å²) in [5.74, 6) is 0. The number of rotatable bonds is 5. The molecule has 1 heterocycles. The van der Waals surface area contributed by atoms with Gasteiger partial charge < -0.3 is 5.32 Å². The fourth-order valence-electron chi connectivity index (χ4n) is 2.45. The summed E-state index contributed by atoms with van der Waals surface area (Å²) >= 11 is 0. The van der Waals surface area contributed by atoms with E-state index in [1.807, 2.05) is 13.8 Å². The van der Waals surface area contributed by atoms with Crippen molar-refractivity contribution in [3.63, 3.8) is 0 Å². The number of aromatic nitrogens is 2. The first-order valence-electron chi connectivity index (χ1n) is 7.23. The Morgan fingerprint density at radius 2 is 1.80 bits per heavy atom. The summed E-state index contributed by atoms with van der Waals surface area (Å²) in [4.78, 5) is 0. The Morgan fingerprint density at radius 1 is 1.05 bits per heavy atom. The van der Waals surface area contributed by atoms with Crippen LogP contribution in [0.1, 0.15) is 47.5 Å². The molecular weight excluding hydrogens is 246 g/mol. The number of benzene rings is 1. The third-order valence-corrected chi connectivity index (χ3v) is 3.55. The highest BCUT2D eigenvalue weighted by Crippen LogP contribution is 2.26. The standard InChI is InChI=1S/C17H23N3/c1-5-10-18-17(15-9-7-6-8-12(15)2)16-11-13(3)19-20-14(16)4/h6-9,11,17-18H,5,10H2,1-4H3. The average Bonchev–Trinajstić information content (AvgIpc) is 2.44. The maximum Gasteiger partial charge on any atom is 0.0651 e. The van der Waals surface area contributed by atoms with E-state index in [-0.39, 0.29) is 6.04 Å². The predicted octanol–water partition coefficient (Wildman–Crippen LogP) is 3.49. The van der Waals surface area contributed by atoms with Gasteiger partial charge in [-0.1, -0.05) is 31.2 Å². The second-order valence-electron chi connectivity index (χ2n) is 5.27. The molecule has 0 radical (unpaired) electrons. The van der Waals surface area contributed by atoms with Gasteiger partial charge in [-0.3, -0.25) is 0 Å². The molecule has 0 saturated carbocycles. The highest BCUT2D eigenvalue weighted by Gasteiger charge is 2.18. The predicted molar refractivity (Wildman–Crippen MR) is 82.8 cm³/mol. The number of nitrogens with zero attached hydrogens (tertiary/aromatic N) is 2. The highest BCUT2D eigenvalue weighted by atomic mass is 15.1. The zero-order chi connectivity index (χ0) is 14.5. The molecule has 0 saturated heterocycles. The minimum atomic E-state index is 0.186. The summed E-state index contributed by atoms with van der Waals surface area (Å²) < 4.78 is 0. The van der Waals surface area contributed by atoms with Crippen LogP contribution in [0, 0.1) is 20.8 Å². The molecule has 1 unspecified atom stereocenters. The normalized spacial score (nSPS) is 12.4. The van der Waals surface area contributed by atoms with Crippen LogP contribution in [0.4, 0.5) is 0 Å². The third kappa shape index (κ3) is 3.23. The minimum absolute atomic E-state index is 0.186. The average molecular weight is 269 g/mol. The Hall–Kier alpha value is -1.74. The number of aryl methyl sites for hydroxylation is 3. The lowest BCUT2D eigenvalue weighted by molar-refractivity contribution is 0.589. The Morgan fingerprint density at radius 3 is 2.50 bits per heavy atom. The van der Waals surface area contributed by atoms with Gasteiger partial charge in [0.15, 0.2) is 0 Å². The van der Waals surface area contributed by atoms with Crippen LogP contribution in [0.5, 0.6) is 0 Å². The first kappa shape index (κ1) is 14.7. The topological polar surface area (TPSA) is 37.8 Å². The van der Waals surface area contributed by atoms with Crippen molar-refractivity contribution in [1.82, 2.24) is 15.5 Å². The Kier molecular flexibility index (Phi) is 4.85. The maximum atomic E-state index is 4.27. The summed E-state index contributed by atoms with van der Waals surface area (Å²) in [6.45, 7) is 9.35. The molecule has 3 heteroatoms. The molecular formula is C17H23N3. The number of hydrogen-bond donors (Lipinski definition) is 1. The zero-order valence-electron chi connectivity index (χ0n) is 12.8. The SMILES string of the molecule is CCCNC(c1ccccc1C)c1cc(C)nnc1C. The van der Waals surface area contributed by atoms with E-state index < -0.39 is 0 Å². The van der Waals surface area contributed by atoms with Crippen molar-refractivity contribution in [3.8, 4) is 0 Å². The van der Waals surface area contributed by atoms with Gasteiger partial charge in [0, 0.05) is 0 Å². The lowest BCUT2D eigenvalue weighted by atomic mass is 9.94. The molecule has 3 nitrogen and oxygen atoms in total. The molecule has 0 aliphatic rings. The van der Waals surface area contributed by atoms with Crippen molar-refractivity contribution in [3.05, 3.63) is 58.4 Å². The molecule has 1 N–H and O–H groups in total. The first-order valence-corrected chi connectivity index (χ1v) is 7.23. The second kappa shape index (κ2) is 6.62. The van der Waals surface area contributed by atoms with Crippen LogP contribution < -0.4 is 5.32 Å². The molecule has 0 fully saturated rings. The van der Waals surface area contributed by atoms with Gasteiger partial charge >= 0.3 is 0 Å².